The van der Waals surface area contributed by atoms with Gasteiger partial charge in [0.25, 0.3) is 0 Å². The molecule has 0 bridgehead atoms. The van der Waals surface area contributed by atoms with E-state index in [0.717, 1.165) is 0 Å². The molecular weight excluding hydrogens is 200 g/mol. The summed E-state index contributed by atoms with van der Waals surface area (Å²) < 4.78 is 0. The first kappa shape index (κ1) is 14.2. The Morgan fingerprint density at radius 3 is 1.14 bits per heavy atom. The number of rotatable bonds is 2. The average Bonchev–Trinajstić information content (AvgIpc) is 1.75. The first-order valence-corrected chi connectivity index (χ1v) is 12.6. The molecule has 0 N–H and O–H groups in total. The first-order valence-electron chi connectivity index (χ1n) is 5.58. The SMILES string of the molecule is CC(C)(C)C=C([Si](C)(C)C)[Si](C)(C)C. The zero-order chi connectivity index (χ0) is 11.8. The van der Waals surface area contributed by atoms with Gasteiger partial charge < -0.3 is 0 Å². The molecule has 0 heterocycles. The van der Waals surface area contributed by atoms with Gasteiger partial charge in [0.15, 0.2) is 0 Å². The molecule has 0 aliphatic heterocycles. The summed E-state index contributed by atoms with van der Waals surface area (Å²) in [5.41, 5.74) is 0.343. The zero-order valence-corrected chi connectivity index (χ0v) is 13.6. The van der Waals surface area contributed by atoms with Gasteiger partial charge in [0.1, 0.15) is 0 Å². The first-order chi connectivity index (χ1) is 5.84. The topological polar surface area (TPSA) is 0 Å². The van der Waals surface area contributed by atoms with Crippen molar-refractivity contribution in [2.45, 2.75) is 60.1 Å². The van der Waals surface area contributed by atoms with Crippen LogP contribution in [0.15, 0.2) is 10.9 Å². The monoisotopic (exact) mass is 228 g/mol. The molecule has 84 valence electrons. The minimum Gasteiger partial charge on any atom is -0.0945 e. The number of hydrogen-bond acceptors (Lipinski definition) is 0. The normalized spacial score (nSPS) is 14.1. The highest BCUT2D eigenvalue weighted by Gasteiger charge is 2.31. The van der Waals surface area contributed by atoms with E-state index in [1.165, 1.54) is 0 Å². The quantitative estimate of drug-likeness (QED) is 0.600. The molecule has 0 fully saturated rings. The van der Waals surface area contributed by atoms with Crippen molar-refractivity contribution in [3.8, 4) is 0 Å². The van der Waals surface area contributed by atoms with E-state index < -0.39 is 16.1 Å². The van der Waals surface area contributed by atoms with Gasteiger partial charge in [-0.15, -0.1) is 0 Å². The van der Waals surface area contributed by atoms with Crippen LogP contribution in [-0.2, 0) is 0 Å². The van der Waals surface area contributed by atoms with Crippen LogP contribution < -0.4 is 0 Å². The molecule has 0 amide bonds. The van der Waals surface area contributed by atoms with Crippen LogP contribution in [0.4, 0.5) is 0 Å². The smallest absolute Gasteiger partial charge is 0.0678 e. The Morgan fingerprint density at radius 1 is 0.786 bits per heavy atom. The number of allylic oxidation sites excluding steroid dienone is 1. The highest BCUT2D eigenvalue weighted by atomic mass is 28.4. The molecule has 0 saturated heterocycles. The second-order valence-corrected chi connectivity index (χ2v) is 18.0. The second kappa shape index (κ2) is 3.97. The van der Waals surface area contributed by atoms with Crippen LogP contribution in [0.3, 0.4) is 0 Å². The molecule has 0 atom stereocenters. The molecule has 0 rings (SSSR count). The van der Waals surface area contributed by atoms with Gasteiger partial charge in [0.2, 0.25) is 0 Å². The van der Waals surface area contributed by atoms with Crippen molar-refractivity contribution >= 4 is 16.1 Å². The lowest BCUT2D eigenvalue weighted by atomic mass is 9.98. The summed E-state index contributed by atoms with van der Waals surface area (Å²) in [7, 11) is -2.22. The van der Waals surface area contributed by atoms with E-state index in [1.54, 1.807) is 0 Å². The Kier molecular flexibility index (Phi) is 4.02. The van der Waals surface area contributed by atoms with E-state index >= 15 is 0 Å². The summed E-state index contributed by atoms with van der Waals surface area (Å²) in [6.45, 7) is 21.8. The molecule has 0 spiro atoms. The zero-order valence-electron chi connectivity index (χ0n) is 11.6. The second-order valence-electron chi connectivity index (χ2n) is 7.42. The van der Waals surface area contributed by atoms with Crippen molar-refractivity contribution < 1.29 is 0 Å². The molecule has 0 aromatic heterocycles. The van der Waals surface area contributed by atoms with E-state index in [1.807, 2.05) is 4.82 Å². The van der Waals surface area contributed by atoms with E-state index in [9.17, 15) is 0 Å². The maximum atomic E-state index is 2.56. The predicted octanol–water partition coefficient (Wildman–Crippen LogP) is 4.71. The highest BCUT2D eigenvalue weighted by molar-refractivity contribution is 7.04. The van der Waals surface area contributed by atoms with Gasteiger partial charge in [0, 0.05) is 0 Å². The van der Waals surface area contributed by atoms with Crippen molar-refractivity contribution in [1.29, 1.82) is 0 Å². The fraction of sp³-hybridized carbons (Fsp3) is 0.833. The van der Waals surface area contributed by atoms with Gasteiger partial charge in [-0.2, -0.15) is 0 Å². The van der Waals surface area contributed by atoms with E-state index in [-0.39, 0.29) is 0 Å². The molecule has 0 unspecified atom stereocenters. The molecular formula is C12H28Si2. The Hall–Kier alpha value is 0.174. The molecule has 14 heavy (non-hydrogen) atoms. The lowest BCUT2D eigenvalue weighted by Gasteiger charge is -2.34. The lowest BCUT2D eigenvalue weighted by Crippen LogP contribution is -2.40. The molecule has 0 aliphatic rings. The summed E-state index contributed by atoms with van der Waals surface area (Å²) in [6.07, 6.45) is 2.56. The fourth-order valence-corrected chi connectivity index (χ4v) is 12.7. The third-order valence-electron chi connectivity index (χ3n) is 2.19. The lowest BCUT2D eigenvalue weighted by molar-refractivity contribution is 0.543. The van der Waals surface area contributed by atoms with Crippen molar-refractivity contribution in [3.63, 3.8) is 0 Å². The number of hydrogen-bond donors (Lipinski definition) is 0. The predicted molar refractivity (Wildman–Crippen MR) is 74.2 cm³/mol. The third-order valence-corrected chi connectivity index (χ3v) is 10.2. The van der Waals surface area contributed by atoms with Gasteiger partial charge in [-0.05, 0) is 5.41 Å². The minimum atomic E-state index is -1.11. The Balaban J connectivity index is 5.26. The molecule has 0 saturated carbocycles. The highest BCUT2D eigenvalue weighted by Crippen LogP contribution is 2.30. The molecule has 0 aliphatic carbocycles. The van der Waals surface area contributed by atoms with E-state index in [2.05, 4.69) is 66.1 Å². The molecule has 0 aromatic rings. The van der Waals surface area contributed by atoms with Crippen LogP contribution in [0.25, 0.3) is 0 Å². The summed E-state index contributed by atoms with van der Waals surface area (Å²) in [6, 6.07) is 0. The van der Waals surface area contributed by atoms with Crippen LogP contribution in [0.1, 0.15) is 20.8 Å². The van der Waals surface area contributed by atoms with Crippen LogP contribution in [0.2, 0.25) is 39.3 Å². The third kappa shape index (κ3) is 5.15. The molecule has 0 nitrogen and oxygen atoms in total. The molecule has 0 aromatic carbocycles. The van der Waals surface area contributed by atoms with Gasteiger partial charge in [-0.1, -0.05) is 70.9 Å². The fourth-order valence-electron chi connectivity index (χ4n) is 1.99. The molecule has 0 radical (unpaired) electrons. The van der Waals surface area contributed by atoms with Crippen LogP contribution in [-0.4, -0.2) is 16.1 Å². The summed E-state index contributed by atoms with van der Waals surface area (Å²) in [4.78, 5) is 1.83. The van der Waals surface area contributed by atoms with Gasteiger partial charge >= 0.3 is 0 Å². The summed E-state index contributed by atoms with van der Waals surface area (Å²) in [5, 5.41) is 0. The van der Waals surface area contributed by atoms with Crippen molar-refractivity contribution in [3.05, 3.63) is 10.9 Å². The minimum absolute atomic E-state index is 0.343. The molecule has 2 heteroatoms. The van der Waals surface area contributed by atoms with E-state index in [4.69, 9.17) is 0 Å². The van der Waals surface area contributed by atoms with Crippen LogP contribution >= 0.6 is 0 Å². The maximum Gasteiger partial charge on any atom is 0.0678 e. The Labute approximate surface area is 92.8 Å². The van der Waals surface area contributed by atoms with E-state index in [0.29, 0.717) is 5.41 Å². The summed E-state index contributed by atoms with van der Waals surface area (Å²) >= 11 is 0. The van der Waals surface area contributed by atoms with Gasteiger partial charge in [-0.25, -0.2) is 0 Å². The van der Waals surface area contributed by atoms with Crippen molar-refractivity contribution in [2.24, 2.45) is 5.41 Å². The largest absolute Gasteiger partial charge is 0.0945 e. The van der Waals surface area contributed by atoms with Crippen LogP contribution in [0.5, 0.6) is 0 Å². The Morgan fingerprint density at radius 2 is 1.07 bits per heavy atom. The van der Waals surface area contributed by atoms with Crippen molar-refractivity contribution in [2.75, 3.05) is 0 Å². The standard InChI is InChI=1S/C12H28Si2/c1-12(2,3)10-11(13(4,5)6)14(7,8)9/h10H,1-9H3. The van der Waals surface area contributed by atoms with Crippen molar-refractivity contribution in [1.82, 2.24) is 0 Å². The summed E-state index contributed by atoms with van der Waals surface area (Å²) in [5.74, 6) is 0. The Bertz CT molecular complexity index is 202. The van der Waals surface area contributed by atoms with Crippen LogP contribution in [0, 0.1) is 5.41 Å². The van der Waals surface area contributed by atoms with Gasteiger partial charge in [0.05, 0.1) is 16.1 Å². The average molecular weight is 229 g/mol. The van der Waals surface area contributed by atoms with Gasteiger partial charge in [-0.3, -0.25) is 0 Å². The maximum absolute atomic E-state index is 2.56.